The molecule has 13 heteroatoms. The van der Waals surface area contributed by atoms with Crippen molar-refractivity contribution in [2.75, 3.05) is 18.0 Å². The second-order valence-corrected chi connectivity index (χ2v) is 12.8. The molecule has 1 N–H and O–H groups in total. The molecule has 1 fully saturated rings. The van der Waals surface area contributed by atoms with Crippen molar-refractivity contribution >= 4 is 39.1 Å². The summed E-state index contributed by atoms with van der Waals surface area (Å²) in [6, 6.07) is 15.0. The van der Waals surface area contributed by atoms with Crippen LogP contribution in [0.25, 0.3) is 0 Å². The first-order valence-electron chi connectivity index (χ1n) is 14.0. The quantitative estimate of drug-likeness (QED) is 0.273. The number of halogens is 4. The molecule has 0 heterocycles. The van der Waals surface area contributed by atoms with Crippen LogP contribution < -0.4 is 14.4 Å². The number of benzene rings is 3. The number of hydrogen-bond donors (Lipinski definition) is 1. The molecule has 44 heavy (non-hydrogen) atoms. The number of alkyl halides is 3. The highest BCUT2D eigenvalue weighted by atomic mass is 35.5. The van der Waals surface area contributed by atoms with E-state index in [0.717, 1.165) is 37.8 Å². The number of sulfonamides is 1. The minimum atomic E-state index is -4.81. The second kappa shape index (κ2) is 13.9. The van der Waals surface area contributed by atoms with Crippen LogP contribution in [0.15, 0.2) is 77.7 Å². The van der Waals surface area contributed by atoms with Crippen molar-refractivity contribution in [3.8, 4) is 5.75 Å². The van der Waals surface area contributed by atoms with Crippen molar-refractivity contribution in [3.63, 3.8) is 0 Å². The maximum absolute atomic E-state index is 14.1. The minimum absolute atomic E-state index is 0.0439. The maximum atomic E-state index is 14.1. The van der Waals surface area contributed by atoms with E-state index in [2.05, 4.69) is 5.32 Å². The molecule has 0 aliphatic heterocycles. The number of carbonyl (C=O) groups is 2. The van der Waals surface area contributed by atoms with Gasteiger partial charge in [0.05, 0.1) is 28.3 Å². The Morgan fingerprint density at radius 2 is 1.70 bits per heavy atom. The fraction of sp³-hybridized carbons (Fsp3) is 0.355. The average Bonchev–Trinajstić information content (AvgIpc) is 3.51. The highest BCUT2D eigenvalue weighted by Gasteiger charge is 2.36. The normalized spacial score (nSPS) is 14.6. The molecule has 1 unspecified atom stereocenters. The third kappa shape index (κ3) is 7.84. The topological polar surface area (TPSA) is 96.0 Å². The van der Waals surface area contributed by atoms with E-state index < -0.39 is 51.9 Å². The van der Waals surface area contributed by atoms with Crippen molar-refractivity contribution in [2.24, 2.45) is 0 Å². The van der Waals surface area contributed by atoms with Gasteiger partial charge >= 0.3 is 6.18 Å². The Balaban J connectivity index is 1.76. The van der Waals surface area contributed by atoms with Gasteiger partial charge in [0.15, 0.2) is 0 Å². The van der Waals surface area contributed by atoms with Gasteiger partial charge < -0.3 is 15.0 Å². The number of amides is 2. The summed E-state index contributed by atoms with van der Waals surface area (Å²) in [6.45, 7) is 0.490. The van der Waals surface area contributed by atoms with Crippen LogP contribution in [0.1, 0.15) is 43.7 Å². The molecular formula is C31H33ClF3N3O5S. The molecule has 0 radical (unpaired) electrons. The molecule has 3 aromatic rings. The zero-order chi connectivity index (χ0) is 32.1. The lowest BCUT2D eigenvalue weighted by molar-refractivity contribution is -0.139. The Hall–Kier alpha value is -3.77. The lowest BCUT2D eigenvalue weighted by atomic mass is 10.1. The first-order valence-corrected chi connectivity index (χ1v) is 15.8. The van der Waals surface area contributed by atoms with E-state index in [1.54, 1.807) is 30.3 Å². The maximum Gasteiger partial charge on any atom is 0.416 e. The summed E-state index contributed by atoms with van der Waals surface area (Å²) < 4.78 is 74.7. The third-order valence-electron chi connectivity index (χ3n) is 7.51. The number of nitrogens with zero attached hydrogens (tertiary/aromatic N) is 2. The van der Waals surface area contributed by atoms with Gasteiger partial charge in [0.25, 0.3) is 10.0 Å². The molecule has 3 aromatic carbocycles. The van der Waals surface area contributed by atoms with Gasteiger partial charge in [0.2, 0.25) is 11.8 Å². The second-order valence-electron chi connectivity index (χ2n) is 10.5. The van der Waals surface area contributed by atoms with Gasteiger partial charge in [-0.15, -0.1) is 0 Å². The zero-order valence-corrected chi connectivity index (χ0v) is 25.8. The van der Waals surface area contributed by atoms with E-state index >= 15 is 0 Å². The Bertz CT molecular complexity index is 1580. The number of hydrogen-bond acceptors (Lipinski definition) is 5. The summed E-state index contributed by atoms with van der Waals surface area (Å²) in [5.41, 5.74) is -1.08. The molecule has 0 aromatic heterocycles. The molecule has 0 bridgehead atoms. The van der Waals surface area contributed by atoms with Crippen LogP contribution in [0.2, 0.25) is 5.02 Å². The van der Waals surface area contributed by atoms with Crippen LogP contribution in [0, 0.1) is 0 Å². The van der Waals surface area contributed by atoms with Crippen LogP contribution in [0.4, 0.5) is 18.9 Å². The summed E-state index contributed by atoms with van der Waals surface area (Å²) >= 11 is 6.29. The van der Waals surface area contributed by atoms with Gasteiger partial charge in [-0.3, -0.25) is 13.9 Å². The van der Waals surface area contributed by atoms with Crippen molar-refractivity contribution in [1.82, 2.24) is 10.2 Å². The van der Waals surface area contributed by atoms with Crippen LogP contribution in [0.5, 0.6) is 5.75 Å². The van der Waals surface area contributed by atoms with E-state index in [0.29, 0.717) is 21.7 Å². The van der Waals surface area contributed by atoms with E-state index in [-0.39, 0.29) is 22.5 Å². The Kier molecular flexibility index (Phi) is 10.5. The number of rotatable bonds is 11. The highest BCUT2D eigenvalue weighted by molar-refractivity contribution is 7.92. The summed E-state index contributed by atoms with van der Waals surface area (Å²) in [5, 5.41) is 2.65. The summed E-state index contributed by atoms with van der Waals surface area (Å²) in [6.07, 6.45) is -1.26. The summed E-state index contributed by atoms with van der Waals surface area (Å²) in [5.74, 6) is -0.750. The fourth-order valence-corrected chi connectivity index (χ4v) is 6.77. The van der Waals surface area contributed by atoms with Crippen LogP contribution in [-0.2, 0) is 32.3 Å². The SMILES string of the molecule is COc1cccc(CN(C(=O)CN(c2cc(C(F)(F)F)ccc2Cl)S(=O)(=O)c2ccccc2)C(C)C(=O)NC2CCCC2)c1. The monoisotopic (exact) mass is 651 g/mol. The van der Waals surface area contributed by atoms with Crippen LogP contribution in [0.3, 0.4) is 0 Å². The first-order chi connectivity index (χ1) is 20.8. The summed E-state index contributed by atoms with van der Waals surface area (Å²) in [4.78, 5) is 28.4. The van der Waals surface area contributed by atoms with Gasteiger partial charge in [-0.05, 0) is 67.8 Å². The minimum Gasteiger partial charge on any atom is -0.497 e. The zero-order valence-electron chi connectivity index (χ0n) is 24.2. The lowest BCUT2D eigenvalue weighted by Crippen LogP contribution is -2.52. The van der Waals surface area contributed by atoms with Gasteiger partial charge in [-0.2, -0.15) is 13.2 Å². The number of ether oxygens (including phenoxy) is 1. The van der Waals surface area contributed by atoms with Gasteiger partial charge in [-0.25, -0.2) is 8.42 Å². The van der Waals surface area contributed by atoms with E-state index in [9.17, 15) is 31.2 Å². The molecule has 1 atom stereocenters. The van der Waals surface area contributed by atoms with E-state index in [1.807, 2.05) is 0 Å². The largest absolute Gasteiger partial charge is 0.497 e. The predicted molar refractivity (Wildman–Crippen MR) is 161 cm³/mol. The highest BCUT2D eigenvalue weighted by Crippen LogP contribution is 2.37. The van der Waals surface area contributed by atoms with E-state index in [1.165, 1.54) is 43.2 Å². The lowest BCUT2D eigenvalue weighted by Gasteiger charge is -2.33. The molecule has 1 saturated carbocycles. The molecule has 8 nitrogen and oxygen atoms in total. The third-order valence-corrected chi connectivity index (χ3v) is 9.60. The first kappa shape index (κ1) is 33.1. The van der Waals surface area contributed by atoms with Crippen molar-refractivity contribution < 1.29 is 35.9 Å². The smallest absolute Gasteiger partial charge is 0.416 e. The number of methoxy groups -OCH3 is 1. The summed E-state index contributed by atoms with van der Waals surface area (Å²) in [7, 11) is -3.13. The van der Waals surface area contributed by atoms with E-state index in [4.69, 9.17) is 16.3 Å². The number of carbonyl (C=O) groups excluding carboxylic acids is 2. The molecule has 236 valence electrons. The Morgan fingerprint density at radius 1 is 1.02 bits per heavy atom. The Labute approximate surface area is 259 Å². The van der Waals surface area contributed by atoms with Crippen molar-refractivity contribution in [3.05, 3.63) is 88.9 Å². The van der Waals surface area contributed by atoms with Crippen LogP contribution in [-0.4, -0.2) is 50.9 Å². The Morgan fingerprint density at radius 3 is 2.34 bits per heavy atom. The molecule has 0 saturated heterocycles. The average molecular weight is 652 g/mol. The molecule has 1 aliphatic carbocycles. The fourth-order valence-electron chi connectivity index (χ4n) is 5.06. The molecular weight excluding hydrogens is 619 g/mol. The van der Waals surface area contributed by atoms with Gasteiger partial charge in [0, 0.05) is 12.6 Å². The number of nitrogens with one attached hydrogen (secondary N) is 1. The van der Waals surface area contributed by atoms with Crippen molar-refractivity contribution in [1.29, 1.82) is 0 Å². The molecule has 4 rings (SSSR count). The van der Waals surface area contributed by atoms with Gasteiger partial charge in [-0.1, -0.05) is 54.8 Å². The standard InChI is InChI=1S/C31H33ClF3N3O5S/c1-21(30(40)36-24-10-6-7-11-24)37(19-22-9-8-12-25(17-22)43-2)29(39)20-38(44(41,42)26-13-4-3-5-14-26)28-18-23(31(33,34)35)15-16-27(28)32/h3-5,8-9,12-18,21,24H,6-7,10-11,19-20H2,1-2H3,(H,36,40). The molecule has 2 amide bonds. The van der Waals surface area contributed by atoms with Crippen molar-refractivity contribution in [2.45, 2.75) is 62.3 Å². The van der Waals surface area contributed by atoms with Gasteiger partial charge in [0.1, 0.15) is 18.3 Å². The molecule has 1 aliphatic rings. The molecule has 0 spiro atoms. The number of anilines is 1. The van der Waals surface area contributed by atoms with Crippen LogP contribution >= 0.6 is 11.6 Å². The predicted octanol–water partition coefficient (Wildman–Crippen LogP) is 6.04.